The maximum absolute atomic E-state index is 5.76. The highest BCUT2D eigenvalue weighted by Crippen LogP contribution is 2.30. The molecule has 0 aliphatic rings. The number of benzene rings is 1. The molecule has 2 heterocycles. The van der Waals surface area contributed by atoms with E-state index >= 15 is 0 Å². The van der Waals surface area contributed by atoms with Gasteiger partial charge in [0.15, 0.2) is 5.13 Å². The van der Waals surface area contributed by atoms with Crippen molar-refractivity contribution in [2.75, 3.05) is 18.2 Å². The van der Waals surface area contributed by atoms with Gasteiger partial charge in [0.2, 0.25) is 0 Å². The Labute approximate surface area is 120 Å². The van der Waals surface area contributed by atoms with E-state index in [0.717, 1.165) is 32.6 Å². The number of aromatic nitrogens is 2. The topological polar surface area (TPSA) is 73.1 Å². The van der Waals surface area contributed by atoms with Gasteiger partial charge in [-0.2, -0.15) is 0 Å². The summed E-state index contributed by atoms with van der Waals surface area (Å²) in [6.07, 6.45) is 0. The zero-order valence-electron chi connectivity index (χ0n) is 11.2. The molecule has 0 saturated heterocycles. The maximum atomic E-state index is 5.76. The molecular weight excluding hydrogens is 272 g/mol. The van der Waals surface area contributed by atoms with E-state index in [-0.39, 0.29) is 0 Å². The van der Waals surface area contributed by atoms with Crippen molar-refractivity contribution in [3.05, 3.63) is 36.0 Å². The van der Waals surface area contributed by atoms with Gasteiger partial charge in [0.25, 0.3) is 0 Å². The molecule has 0 radical (unpaired) electrons. The quantitative estimate of drug-likeness (QED) is 0.772. The smallest absolute Gasteiger partial charge is 0.189 e. The normalized spacial score (nSPS) is 10.7. The van der Waals surface area contributed by atoms with Gasteiger partial charge in [-0.05, 0) is 37.3 Å². The number of nitrogens with one attached hydrogen (secondary N) is 1. The Balaban J connectivity index is 1.92. The third-order valence-electron chi connectivity index (χ3n) is 2.96. The zero-order valence-corrected chi connectivity index (χ0v) is 12.0. The number of hydrogen-bond donors (Lipinski definition) is 2. The third kappa shape index (κ3) is 2.37. The van der Waals surface area contributed by atoms with Crippen molar-refractivity contribution >= 4 is 38.2 Å². The van der Waals surface area contributed by atoms with Gasteiger partial charge in [0, 0.05) is 0 Å². The minimum atomic E-state index is 0.685. The first kappa shape index (κ1) is 12.7. The molecule has 0 saturated carbocycles. The first-order valence-corrected chi connectivity index (χ1v) is 6.92. The summed E-state index contributed by atoms with van der Waals surface area (Å²) in [6, 6.07) is 9.49. The van der Waals surface area contributed by atoms with Crippen LogP contribution in [-0.2, 0) is 0 Å². The van der Waals surface area contributed by atoms with E-state index in [9.17, 15) is 0 Å². The fraction of sp³-hybridized carbons (Fsp3) is 0.143. The summed E-state index contributed by atoms with van der Waals surface area (Å²) >= 11 is 1.56. The molecular formula is C14H14N4OS. The van der Waals surface area contributed by atoms with Crippen molar-refractivity contribution in [1.29, 1.82) is 0 Å². The van der Waals surface area contributed by atoms with Crippen LogP contribution < -0.4 is 15.8 Å². The Morgan fingerprint density at radius 1 is 1.20 bits per heavy atom. The lowest BCUT2D eigenvalue weighted by atomic mass is 10.3. The Hall–Kier alpha value is -2.34. The fourth-order valence-corrected chi connectivity index (χ4v) is 2.74. The predicted octanol–water partition coefficient (Wildman–Crippen LogP) is 3.33. The number of nitrogen functional groups attached to an aromatic ring is 1. The molecule has 20 heavy (non-hydrogen) atoms. The lowest BCUT2D eigenvalue weighted by molar-refractivity contribution is 0.415. The number of rotatable bonds is 3. The molecule has 102 valence electrons. The van der Waals surface area contributed by atoms with Crippen LogP contribution >= 0.6 is 11.3 Å². The monoisotopic (exact) mass is 286 g/mol. The lowest BCUT2D eigenvalue weighted by Crippen LogP contribution is -1.97. The van der Waals surface area contributed by atoms with Gasteiger partial charge in [-0.1, -0.05) is 11.3 Å². The van der Waals surface area contributed by atoms with Crippen LogP contribution in [0.1, 0.15) is 5.69 Å². The molecule has 0 fully saturated rings. The van der Waals surface area contributed by atoms with Crippen LogP contribution in [0.2, 0.25) is 0 Å². The number of hydrogen-bond acceptors (Lipinski definition) is 6. The van der Waals surface area contributed by atoms with Crippen LogP contribution in [0, 0.1) is 6.92 Å². The molecule has 0 atom stereocenters. The van der Waals surface area contributed by atoms with Crippen LogP contribution in [0.3, 0.4) is 0 Å². The summed E-state index contributed by atoms with van der Waals surface area (Å²) in [5.41, 5.74) is 8.18. The van der Waals surface area contributed by atoms with Crippen molar-refractivity contribution in [2.24, 2.45) is 0 Å². The second kappa shape index (κ2) is 4.97. The van der Waals surface area contributed by atoms with Gasteiger partial charge >= 0.3 is 0 Å². The van der Waals surface area contributed by atoms with Crippen molar-refractivity contribution in [1.82, 2.24) is 9.97 Å². The minimum Gasteiger partial charge on any atom is -0.497 e. The first-order chi connectivity index (χ1) is 9.65. The molecule has 0 unspecified atom stereocenters. The number of methoxy groups -OCH3 is 1. The molecule has 0 amide bonds. The van der Waals surface area contributed by atoms with Crippen LogP contribution in [0.15, 0.2) is 30.3 Å². The van der Waals surface area contributed by atoms with Crippen LogP contribution in [0.5, 0.6) is 5.75 Å². The van der Waals surface area contributed by atoms with Gasteiger partial charge in [-0.3, -0.25) is 0 Å². The Bertz CT molecular complexity index is 769. The summed E-state index contributed by atoms with van der Waals surface area (Å²) < 4.78 is 6.28. The van der Waals surface area contributed by atoms with Crippen molar-refractivity contribution in [2.45, 2.75) is 6.92 Å². The maximum Gasteiger partial charge on any atom is 0.189 e. The first-order valence-electron chi connectivity index (χ1n) is 6.10. The molecule has 0 spiro atoms. The molecule has 1 aromatic carbocycles. The molecule has 0 aliphatic heterocycles. The number of ether oxygens (including phenoxy) is 1. The largest absolute Gasteiger partial charge is 0.497 e. The Morgan fingerprint density at radius 3 is 2.80 bits per heavy atom. The zero-order chi connectivity index (χ0) is 14.1. The number of nitrogens with zero attached hydrogens (tertiary/aromatic N) is 2. The molecule has 6 heteroatoms. The number of aryl methyl sites for hydroxylation is 1. The summed E-state index contributed by atoms with van der Waals surface area (Å²) in [7, 11) is 1.66. The average molecular weight is 286 g/mol. The summed E-state index contributed by atoms with van der Waals surface area (Å²) in [5.74, 6) is 1.57. The molecule has 0 bridgehead atoms. The van der Waals surface area contributed by atoms with Crippen LogP contribution in [0.4, 0.5) is 16.6 Å². The SMILES string of the molecule is COc1ccc2nc(Nc3ccc(N)c(C)n3)sc2c1. The minimum absolute atomic E-state index is 0.685. The second-order valence-electron chi connectivity index (χ2n) is 4.35. The van der Waals surface area contributed by atoms with E-state index in [4.69, 9.17) is 10.5 Å². The van der Waals surface area contributed by atoms with E-state index in [1.165, 1.54) is 0 Å². The highest BCUT2D eigenvalue weighted by atomic mass is 32.1. The molecule has 3 rings (SSSR count). The van der Waals surface area contributed by atoms with E-state index in [1.54, 1.807) is 18.4 Å². The van der Waals surface area contributed by atoms with Crippen molar-refractivity contribution < 1.29 is 4.74 Å². The summed E-state index contributed by atoms with van der Waals surface area (Å²) in [6.45, 7) is 1.88. The van der Waals surface area contributed by atoms with Crippen LogP contribution in [0.25, 0.3) is 10.2 Å². The molecule has 3 N–H and O–H groups in total. The van der Waals surface area contributed by atoms with Crippen molar-refractivity contribution in [3.63, 3.8) is 0 Å². The number of fused-ring (bicyclic) bond motifs is 1. The van der Waals surface area contributed by atoms with Gasteiger partial charge < -0.3 is 15.8 Å². The van der Waals surface area contributed by atoms with Crippen LogP contribution in [-0.4, -0.2) is 17.1 Å². The van der Waals surface area contributed by atoms with Gasteiger partial charge in [-0.25, -0.2) is 9.97 Å². The van der Waals surface area contributed by atoms with Gasteiger partial charge in [0.05, 0.1) is 28.7 Å². The standard InChI is InChI=1S/C14H14N4OS/c1-8-10(15)4-6-13(16-8)18-14-17-11-5-3-9(19-2)7-12(11)20-14/h3-7H,15H2,1-2H3,(H,16,17,18). The van der Waals surface area contributed by atoms with E-state index < -0.39 is 0 Å². The molecule has 3 aromatic rings. The molecule has 0 aliphatic carbocycles. The van der Waals surface area contributed by atoms with Crippen molar-refractivity contribution in [3.8, 4) is 5.75 Å². The highest BCUT2D eigenvalue weighted by molar-refractivity contribution is 7.22. The number of nitrogens with two attached hydrogens (primary N) is 1. The predicted molar refractivity (Wildman–Crippen MR) is 82.8 cm³/mol. The van der Waals surface area contributed by atoms with Gasteiger partial charge in [0.1, 0.15) is 11.6 Å². The Kier molecular flexibility index (Phi) is 3.15. The van der Waals surface area contributed by atoms with Gasteiger partial charge in [-0.15, -0.1) is 0 Å². The number of pyridine rings is 1. The lowest BCUT2D eigenvalue weighted by Gasteiger charge is -2.04. The van der Waals surface area contributed by atoms with E-state index in [2.05, 4.69) is 15.3 Å². The Morgan fingerprint density at radius 2 is 2.05 bits per heavy atom. The molecule has 5 nitrogen and oxygen atoms in total. The second-order valence-corrected chi connectivity index (χ2v) is 5.38. The summed E-state index contributed by atoms with van der Waals surface area (Å²) in [5, 5.41) is 4.00. The van der Waals surface area contributed by atoms with E-state index in [0.29, 0.717) is 5.69 Å². The third-order valence-corrected chi connectivity index (χ3v) is 3.89. The molecule has 2 aromatic heterocycles. The highest BCUT2D eigenvalue weighted by Gasteiger charge is 2.06. The number of thiazole rings is 1. The number of anilines is 3. The summed E-state index contributed by atoms with van der Waals surface area (Å²) in [4.78, 5) is 8.89. The van der Waals surface area contributed by atoms with E-state index in [1.807, 2.05) is 37.3 Å². The average Bonchev–Trinajstić information content (AvgIpc) is 2.84. The fourth-order valence-electron chi connectivity index (χ4n) is 1.84.